The molecule has 0 aliphatic heterocycles. The van der Waals surface area contributed by atoms with Gasteiger partial charge in [-0.05, 0) is 41.8 Å². The number of nitrogens with zero attached hydrogens (tertiary/aromatic N) is 1. The van der Waals surface area contributed by atoms with Crippen LogP contribution < -0.4 is 5.32 Å². The first kappa shape index (κ1) is 16.5. The van der Waals surface area contributed by atoms with Gasteiger partial charge in [-0.25, -0.2) is 0 Å². The van der Waals surface area contributed by atoms with Crippen LogP contribution in [0.2, 0.25) is 5.02 Å². The fourth-order valence-electron chi connectivity index (χ4n) is 2.37. The Morgan fingerprint density at radius 1 is 1.18 bits per heavy atom. The van der Waals surface area contributed by atoms with Crippen molar-refractivity contribution in [1.29, 1.82) is 5.26 Å². The maximum atomic E-state index is 10.3. The van der Waals surface area contributed by atoms with Gasteiger partial charge in [0, 0.05) is 17.6 Å². The average Bonchev–Trinajstić information content (AvgIpc) is 2.55. The van der Waals surface area contributed by atoms with Gasteiger partial charge < -0.3 is 10.4 Å². The van der Waals surface area contributed by atoms with E-state index in [1.54, 1.807) is 24.3 Å². The molecule has 0 radical (unpaired) electrons. The number of hydrogen-bond acceptors (Lipinski definition) is 3. The molecule has 2 atom stereocenters. The smallest absolute Gasteiger partial charge is 0.0991 e. The molecule has 0 aromatic heterocycles. The normalized spacial score (nSPS) is 13.4. The Kier molecular flexibility index (Phi) is 5.97. The van der Waals surface area contributed by atoms with Crippen molar-refractivity contribution in [2.24, 2.45) is 0 Å². The van der Waals surface area contributed by atoms with E-state index in [1.807, 2.05) is 24.3 Å². The molecule has 0 fully saturated rings. The number of nitriles is 1. The summed E-state index contributed by atoms with van der Waals surface area (Å²) in [5.41, 5.74) is 2.50. The highest BCUT2D eigenvalue weighted by molar-refractivity contribution is 6.30. The third kappa shape index (κ3) is 4.32. The fraction of sp³-hybridized carbons (Fsp3) is 0.278. The summed E-state index contributed by atoms with van der Waals surface area (Å²) in [5.74, 6) is 0. The molecule has 114 valence electrons. The molecule has 2 aromatic rings. The van der Waals surface area contributed by atoms with Crippen molar-refractivity contribution in [1.82, 2.24) is 5.32 Å². The number of aliphatic hydroxyl groups is 1. The summed E-state index contributed by atoms with van der Waals surface area (Å²) in [5, 5.41) is 23.1. The van der Waals surface area contributed by atoms with Crippen LogP contribution in [0.1, 0.15) is 42.2 Å². The Morgan fingerprint density at radius 2 is 1.91 bits per heavy atom. The van der Waals surface area contributed by atoms with Crippen LogP contribution in [0.15, 0.2) is 48.5 Å². The Balaban J connectivity index is 1.99. The molecule has 3 nitrogen and oxygen atoms in total. The lowest BCUT2D eigenvalue weighted by Crippen LogP contribution is -2.26. The van der Waals surface area contributed by atoms with Crippen molar-refractivity contribution in [3.05, 3.63) is 70.2 Å². The highest BCUT2D eigenvalue weighted by atomic mass is 35.5. The van der Waals surface area contributed by atoms with E-state index in [1.165, 1.54) is 0 Å². The summed E-state index contributed by atoms with van der Waals surface area (Å²) in [6.45, 7) is 2.53. The van der Waals surface area contributed by atoms with Gasteiger partial charge in [-0.2, -0.15) is 5.26 Å². The number of aliphatic hydroxyl groups excluding tert-OH is 1. The predicted octanol–water partition coefficient (Wildman–Crippen LogP) is 3.99. The van der Waals surface area contributed by atoms with E-state index in [2.05, 4.69) is 18.3 Å². The molecule has 0 aliphatic carbocycles. The van der Waals surface area contributed by atoms with E-state index in [9.17, 15) is 5.11 Å². The van der Waals surface area contributed by atoms with Gasteiger partial charge in [0.05, 0.1) is 17.7 Å². The van der Waals surface area contributed by atoms with Crippen LogP contribution in [0.5, 0.6) is 0 Å². The number of benzene rings is 2. The van der Waals surface area contributed by atoms with Gasteiger partial charge in [0.15, 0.2) is 0 Å². The number of halogens is 1. The zero-order valence-electron chi connectivity index (χ0n) is 12.5. The fourth-order valence-corrected chi connectivity index (χ4v) is 2.57. The third-order valence-electron chi connectivity index (χ3n) is 3.64. The zero-order chi connectivity index (χ0) is 15.9. The topological polar surface area (TPSA) is 56.0 Å². The molecule has 2 unspecified atom stereocenters. The Bertz CT molecular complexity index is 649. The number of hydrogen-bond donors (Lipinski definition) is 2. The van der Waals surface area contributed by atoms with Gasteiger partial charge in [0.25, 0.3) is 0 Å². The average molecular weight is 315 g/mol. The molecular formula is C18H19ClN2O. The highest BCUT2D eigenvalue weighted by Crippen LogP contribution is 2.21. The largest absolute Gasteiger partial charge is 0.387 e. The first-order valence-electron chi connectivity index (χ1n) is 7.31. The summed E-state index contributed by atoms with van der Waals surface area (Å²) >= 11 is 6.03. The molecule has 22 heavy (non-hydrogen) atoms. The molecule has 2 rings (SSSR count). The molecule has 2 aromatic carbocycles. The van der Waals surface area contributed by atoms with Crippen molar-refractivity contribution in [3.63, 3.8) is 0 Å². The van der Waals surface area contributed by atoms with Crippen LogP contribution in [0.25, 0.3) is 0 Å². The number of nitrogens with one attached hydrogen (secondary N) is 1. The van der Waals surface area contributed by atoms with E-state index < -0.39 is 6.10 Å². The molecule has 0 bridgehead atoms. The predicted molar refractivity (Wildman–Crippen MR) is 88.6 cm³/mol. The minimum absolute atomic E-state index is 0.145. The molecular weight excluding hydrogens is 296 g/mol. The zero-order valence-corrected chi connectivity index (χ0v) is 13.2. The molecule has 0 spiro atoms. The second-order valence-corrected chi connectivity index (χ2v) is 5.61. The summed E-state index contributed by atoms with van der Waals surface area (Å²) in [6, 6.07) is 17.0. The van der Waals surface area contributed by atoms with E-state index >= 15 is 0 Å². The lowest BCUT2D eigenvalue weighted by Gasteiger charge is -2.20. The molecule has 0 amide bonds. The van der Waals surface area contributed by atoms with Gasteiger partial charge in [0.1, 0.15) is 0 Å². The first-order valence-corrected chi connectivity index (χ1v) is 7.68. The summed E-state index contributed by atoms with van der Waals surface area (Å²) < 4.78 is 0. The minimum Gasteiger partial charge on any atom is -0.387 e. The lowest BCUT2D eigenvalue weighted by atomic mass is 10.0. The monoisotopic (exact) mass is 314 g/mol. The standard InChI is InChI=1S/C18H19ClN2O/c1-2-17(15-4-3-5-16(19)10-15)21-12-18(22)14-8-6-13(11-20)7-9-14/h3-10,17-18,21-22H,2,12H2,1H3. The maximum absolute atomic E-state index is 10.3. The van der Waals surface area contributed by atoms with Gasteiger partial charge in [-0.1, -0.05) is 42.8 Å². The van der Waals surface area contributed by atoms with Crippen molar-refractivity contribution in [2.75, 3.05) is 6.54 Å². The maximum Gasteiger partial charge on any atom is 0.0991 e. The van der Waals surface area contributed by atoms with Crippen molar-refractivity contribution in [2.45, 2.75) is 25.5 Å². The second-order valence-electron chi connectivity index (χ2n) is 5.17. The summed E-state index contributed by atoms with van der Waals surface area (Å²) in [4.78, 5) is 0. The molecule has 2 N–H and O–H groups in total. The highest BCUT2D eigenvalue weighted by Gasteiger charge is 2.13. The van der Waals surface area contributed by atoms with Crippen LogP contribution in [-0.2, 0) is 0 Å². The SMILES string of the molecule is CCC(NCC(O)c1ccc(C#N)cc1)c1cccc(Cl)c1. The summed E-state index contributed by atoms with van der Waals surface area (Å²) in [6.07, 6.45) is 0.293. The van der Waals surface area contributed by atoms with Gasteiger partial charge in [-0.3, -0.25) is 0 Å². The molecule has 4 heteroatoms. The van der Waals surface area contributed by atoms with Crippen LogP contribution in [0, 0.1) is 11.3 Å². The number of rotatable bonds is 6. The molecule has 0 heterocycles. The van der Waals surface area contributed by atoms with E-state index in [0.29, 0.717) is 17.1 Å². The van der Waals surface area contributed by atoms with Crippen LogP contribution >= 0.6 is 11.6 Å². The van der Waals surface area contributed by atoms with Crippen molar-refractivity contribution >= 4 is 11.6 Å². The Labute approximate surface area is 136 Å². The second kappa shape index (κ2) is 7.95. The lowest BCUT2D eigenvalue weighted by molar-refractivity contribution is 0.169. The molecule has 0 aliphatic rings. The Hall–Kier alpha value is -1.86. The van der Waals surface area contributed by atoms with Crippen LogP contribution in [0.3, 0.4) is 0 Å². The third-order valence-corrected chi connectivity index (χ3v) is 3.88. The van der Waals surface area contributed by atoms with E-state index in [4.69, 9.17) is 16.9 Å². The molecule has 0 saturated heterocycles. The van der Waals surface area contributed by atoms with Gasteiger partial charge in [-0.15, -0.1) is 0 Å². The van der Waals surface area contributed by atoms with Crippen molar-refractivity contribution < 1.29 is 5.11 Å². The van der Waals surface area contributed by atoms with Crippen LogP contribution in [-0.4, -0.2) is 11.7 Å². The first-order chi connectivity index (χ1) is 10.6. The van der Waals surface area contributed by atoms with Crippen LogP contribution in [0.4, 0.5) is 0 Å². The summed E-state index contributed by atoms with van der Waals surface area (Å²) in [7, 11) is 0. The van der Waals surface area contributed by atoms with E-state index in [-0.39, 0.29) is 6.04 Å². The minimum atomic E-state index is -0.610. The van der Waals surface area contributed by atoms with Gasteiger partial charge in [0.2, 0.25) is 0 Å². The quantitative estimate of drug-likeness (QED) is 0.847. The van der Waals surface area contributed by atoms with Gasteiger partial charge >= 0.3 is 0 Å². The Morgan fingerprint density at radius 3 is 2.50 bits per heavy atom. The van der Waals surface area contributed by atoms with Crippen molar-refractivity contribution in [3.8, 4) is 6.07 Å². The van der Waals surface area contributed by atoms with E-state index in [0.717, 1.165) is 17.5 Å². The molecule has 0 saturated carbocycles.